The highest BCUT2D eigenvalue weighted by Gasteiger charge is 2.30. The van der Waals surface area contributed by atoms with E-state index in [0.717, 1.165) is 60.7 Å². The van der Waals surface area contributed by atoms with Crippen LogP contribution in [0.4, 0.5) is 5.69 Å². The van der Waals surface area contributed by atoms with Gasteiger partial charge in [-0.3, -0.25) is 9.59 Å². The molecule has 2 aromatic carbocycles. The smallest absolute Gasteiger partial charge is 0.247 e. The minimum absolute atomic E-state index is 0.0104. The molecular formula is C25H26N2O4. The second-order valence-corrected chi connectivity index (χ2v) is 8.17. The molecule has 2 aromatic rings. The van der Waals surface area contributed by atoms with Crippen molar-refractivity contribution in [3.63, 3.8) is 0 Å². The van der Waals surface area contributed by atoms with Crippen LogP contribution in [0.1, 0.15) is 42.9 Å². The number of benzene rings is 2. The van der Waals surface area contributed by atoms with E-state index < -0.39 is 0 Å². The molecule has 5 rings (SSSR count). The first kappa shape index (κ1) is 19.7. The molecule has 6 heteroatoms. The Balaban J connectivity index is 1.27. The summed E-state index contributed by atoms with van der Waals surface area (Å²) in [4.78, 5) is 28.6. The largest absolute Gasteiger partial charge is 0.486 e. The van der Waals surface area contributed by atoms with Crippen LogP contribution in [0.15, 0.2) is 48.5 Å². The molecule has 0 saturated carbocycles. The molecule has 1 unspecified atom stereocenters. The van der Waals surface area contributed by atoms with Crippen molar-refractivity contribution in [3.8, 4) is 11.5 Å². The number of anilines is 1. The molecule has 0 bridgehead atoms. The molecule has 160 valence electrons. The van der Waals surface area contributed by atoms with Gasteiger partial charge in [0, 0.05) is 31.3 Å². The molecule has 2 amide bonds. The highest BCUT2D eigenvalue weighted by atomic mass is 16.6. The van der Waals surface area contributed by atoms with Crippen LogP contribution in [0.25, 0.3) is 6.08 Å². The normalized spacial score (nSPS) is 20.6. The number of fused-ring (bicyclic) bond motifs is 1. The summed E-state index contributed by atoms with van der Waals surface area (Å²) in [5.41, 5.74) is 2.95. The lowest BCUT2D eigenvalue weighted by molar-refractivity contribution is -0.126. The SMILES string of the molecule is O=C1CCCN1c1ccc(/C=C/C(=O)N2CCCC2c2ccc3c(c2)OCCO3)cc1. The van der Waals surface area contributed by atoms with Crippen LogP contribution in [-0.4, -0.2) is 43.0 Å². The summed E-state index contributed by atoms with van der Waals surface area (Å²) in [6, 6.07) is 13.8. The second kappa shape index (κ2) is 8.46. The first-order chi connectivity index (χ1) is 15.2. The minimum atomic E-state index is 0.0104. The second-order valence-electron chi connectivity index (χ2n) is 8.17. The van der Waals surface area contributed by atoms with Crippen molar-refractivity contribution < 1.29 is 19.1 Å². The maximum absolute atomic E-state index is 12.9. The fraction of sp³-hybridized carbons (Fsp3) is 0.360. The van der Waals surface area contributed by atoms with E-state index in [0.29, 0.717) is 19.6 Å². The van der Waals surface area contributed by atoms with Crippen molar-refractivity contribution in [1.29, 1.82) is 0 Å². The van der Waals surface area contributed by atoms with E-state index in [1.807, 2.05) is 58.3 Å². The van der Waals surface area contributed by atoms with E-state index in [1.165, 1.54) is 0 Å². The van der Waals surface area contributed by atoms with Crippen molar-refractivity contribution in [2.45, 2.75) is 31.7 Å². The quantitative estimate of drug-likeness (QED) is 0.706. The lowest BCUT2D eigenvalue weighted by Crippen LogP contribution is -2.29. The van der Waals surface area contributed by atoms with Crippen molar-refractivity contribution in [1.82, 2.24) is 4.90 Å². The Kier molecular flexibility index (Phi) is 5.37. The standard InChI is InChI=1S/C25H26N2O4/c28-24-4-2-13-26(24)20-9-5-18(6-10-20)7-12-25(29)27-14-1-3-21(27)19-8-11-22-23(17-19)31-16-15-30-22/h5-12,17,21H,1-4,13-16H2/b12-7+. The van der Waals surface area contributed by atoms with E-state index in [-0.39, 0.29) is 17.9 Å². The summed E-state index contributed by atoms with van der Waals surface area (Å²) in [6.07, 6.45) is 6.95. The Morgan fingerprint density at radius 2 is 1.77 bits per heavy atom. The molecule has 0 spiro atoms. The first-order valence-electron chi connectivity index (χ1n) is 11.0. The highest BCUT2D eigenvalue weighted by Crippen LogP contribution is 2.38. The van der Waals surface area contributed by atoms with E-state index in [4.69, 9.17) is 9.47 Å². The van der Waals surface area contributed by atoms with Crippen molar-refractivity contribution in [2.24, 2.45) is 0 Å². The Hall–Kier alpha value is -3.28. The van der Waals surface area contributed by atoms with Crippen molar-refractivity contribution in [2.75, 3.05) is 31.2 Å². The first-order valence-corrected chi connectivity index (χ1v) is 11.0. The van der Waals surface area contributed by atoms with Crippen molar-refractivity contribution >= 4 is 23.6 Å². The number of amides is 2. The van der Waals surface area contributed by atoms with Gasteiger partial charge in [0.15, 0.2) is 11.5 Å². The van der Waals surface area contributed by atoms with E-state index in [2.05, 4.69) is 0 Å². The van der Waals surface area contributed by atoms with Crippen LogP contribution in [0.5, 0.6) is 11.5 Å². The lowest BCUT2D eigenvalue weighted by atomic mass is 10.0. The Labute approximate surface area is 182 Å². The number of hydrogen-bond donors (Lipinski definition) is 0. The number of ether oxygens (including phenoxy) is 2. The van der Waals surface area contributed by atoms with Gasteiger partial charge in [-0.2, -0.15) is 0 Å². The molecule has 3 aliphatic heterocycles. The van der Waals surface area contributed by atoms with Crippen LogP contribution < -0.4 is 14.4 Å². The zero-order valence-corrected chi connectivity index (χ0v) is 17.5. The van der Waals surface area contributed by atoms with Gasteiger partial charge >= 0.3 is 0 Å². The summed E-state index contributed by atoms with van der Waals surface area (Å²) >= 11 is 0. The molecule has 3 heterocycles. The van der Waals surface area contributed by atoms with Gasteiger partial charge in [-0.05, 0) is 60.7 Å². The number of carbonyl (C=O) groups is 2. The van der Waals surface area contributed by atoms with Gasteiger partial charge < -0.3 is 19.3 Å². The van der Waals surface area contributed by atoms with Crippen LogP contribution in [0.2, 0.25) is 0 Å². The van der Waals surface area contributed by atoms with Crippen LogP contribution in [0.3, 0.4) is 0 Å². The number of rotatable bonds is 4. The summed E-state index contributed by atoms with van der Waals surface area (Å²) in [5, 5.41) is 0. The number of hydrogen-bond acceptors (Lipinski definition) is 4. The summed E-state index contributed by atoms with van der Waals surface area (Å²) in [5.74, 6) is 1.72. The third kappa shape index (κ3) is 4.02. The third-order valence-electron chi connectivity index (χ3n) is 6.18. The number of carbonyl (C=O) groups excluding carboxylic acids is 2. The van der Waals surface area contributed by atoms with E-state index in [9.17, 15) is 9.59 Å². The molecule has 0 radical (unpaired) electrons. The predicted octanol–water partition coefficient (Wildman–Crippen LogP) is 3.96. The third-order valence-corrected chi connectivity index (χ3v) is 6.18. The van der Waals surface area contributed by atoms with E-state index in [1.54, 1.807) is 6.08 Å². The van der Waals surface area contributed by atoms with Crippen molar-refractivity contribution in [3.05, 3.63) is 59.7 Å². The summed E-state index contributed by atoms with van der Waals surface area (Å²) in [6.45, 7) is 2.65. The fourth-order valence-corrected chi connectivity index (χ4v) is 4.59. The zero-order valence-electron chi connectivity index (χ0n) is 17.5. The summed E-state index contributed by atoms with van der Waals surface area (Å²) < 4.78 is 11.3. The number of likely N-dealkylation sites (tertiary alicyclic amines) is 1. The Bertz CT molecular complexity index is 1010. The molecule has 1 atom stereocenters. The fourth-order valence-electron chi connectivity index (χ4n) is 4.59. The topological polar surface area (TPSA) is 59.1 Å². The van der Waals surface area contributed by atoms with Crippen LogP contribution in [0, 0.1) is 0 Å². The average molecular weight is 418 g/mol. The van der Waals surface area contributed by atoms with Gasteiger partial charge in [0.25, 0.3) is 0 Å². The van der Waals surface area contributed by atoms with Gasteiger partial charge in [-0.15, -0.1) is 0 Å². The minimum Gasteiger partial charge on any atom is -0.486 e. The van der Waals surface area contributed by atoms with Gasteiger partial charge in [0.2, 0.25) is 11.8 Å². The van der Waals surface area contributed by atoms with Gasteiger partial charge in [0.1, 0.15) is 13.2 Å². The number of nitrogens with zero attached hydrogens (tertiary/aromatic N) is 2. The molecule has 31 heavy (non-hydrogen) atoms. The zero-order chi connectivity index (χ0) is 21.2. The molecule has 3 aliphatic rings. The molecule has 0 aliphatic carbocycles. The maximum Gasteiger partial charge on any atom is 0.247 e. The maximum atomic E-state index is 12.9. The van der Waals surface area contributed by atoms with E-state index >= 15 is 0 Å². The Morgan fingerprint density at radius 1 is 0.968 bits per heavy atom. The monoisotopic (exact) mass is 418 g/mol. The lowest BCUT2D eigenvalue weighted by Gasteiger charge is -2.26. The average Bonchev–Trinajstić information content (AvgIpc) is 3.47. The van der Waals surface area contributed by atoms with Crippen LogP contribution in [-0.2, 0) is 9.59 Å². The van der Waals surface area contributed by atoms with Crippen LogP contribution >= 0.6 is 0 Å². The predicted molar refractivity (Wildman–Crippen MR) is 118 cm³/mol. The molecular weight excluding hydrogens is 392 g/mol. The molecule has 0 aromatic heterocycles. The van der Waals surface area contributed by atoms with Gasteiger partial charge in [-0.25, -0.2) is 0 Å². The Morgan fingerprint density at radius 3 is 2.55 bits per heavy atom. The summed E-state index contributed by atoms with van der Waals surface area (Å²) in [7, 11) is 0. The molecule has 0 N–H and O–H groups in total. The van der Waals surface area contributed by atoms with Gasteiger partial charge in [0.05, 0.1) is 6.04 Å². The highest BCUT2D eigenvalue weighted by molar-refractivity contribution is 5.95. The molecule has 6 nitrogen and oxygen atoms in total. The molecule has 2 fully saturated rings. The van der Waals surface area contributed by atoms with Gasteiger partial charge in [-0.1, -0.05) is 18.2 Å². The molecule has 2 saturated heterocycles.